The number of nitrogens with two attached hydrogens (primary N) is 1. The van der Waals surface area contributed by atoms with Crippen LogP contribution in [0.4, 0.5) is 5.69 Å². The van der Waals surface area contributed by atoms with Gasteiger partial charge in [0.05, 0.1) is 18.9 Å². The van der Waals surface area contributed by atoms with Crippen LogP contribution >= 0.6 is 0 Å². The van der Waals surface area contributed by atoms with Crippen molar-refractivity contribution in [3.8, 4) is 11.5 Å². The highest BCUT2D eigenvalue weighted by Crippen LogP contribution is 2.22. The maximum atomic E-state index is 11.5. The molecule has 5 nitrogen and oxygen atoms in total. The van der Waals surface area contributed by atoms with Crippen molar-refractivity contribution in [3.05, 3.63) is 54.1 Å². The molecule has 0 unspecified atom stereocenters. The van der Waals surface area contributed by atoms with Gasteiger partial charge in [-0.15, -0.1) is 0 Å². The van der Waals surface area contributed by atoms with E-state index < -0.39 is 0 Å². The summed E-state index contributed by atoms with van der Waals surface area (Å²) in [5, 5.41) is 2.55. The van der Waals surface area contributed by atoms with Crippen LogP contribution < -0.4 is 20.5 Å². The fourth-order valence-electron chi connectivity index (χ4n) is 1.91. The van der Waals surface area contributed by atoms with Gasteiger partial charge in [-0.2, -0.15) is 0 Å². The zero-order valence-electron chi connectivity index (χ0n) is 12.5. The first kappa shape index (κ1) is 15.7. The summed E-state index contributed by atoms with van der Waals surface area (Å²) in [4.78, 5) is 11.5. The summed E-state index contributed by atoms with van der Waals surface area (Å²) < 4.78 is 11.2. The summed E-state index contributed by atoms with van der Waals surface area (Å²) in [6.07, 6.45) is 0.742. The van der Waals surface area contributed by atoms with Crippen LogP contribution in [0.3, 0.4) is 0 Å². The van der Waals surface area contributed by atoms with Gasteiger partial charge in [-0.1, -0.05) is 18.2 Å². The second-order valence-electron chi connectivity index (χ2n) is 4.70. The molecule has 2 aromatic carbocycles. The minimum absolute atomic E-state index is 0.172. The summed E-state index contributed by atoms with van der Waals surface area (Å²) in [7, 11) is 1.58. The molecule has 0 aliphatic rings. The average Bonchev–Trinajstić information content (AvgIpc) is 2.56. The van der Waals surface area contributed by atoms with Gasteiger partial charge in [-0.05, 0) is 30.3 Å². The normalized spacial score (nSPS) is 10.0. The number of hydrogen-bond donors (Lipinski definition) is 2. The number of anilines is 1. The Morgan fingerprint density at radius 3 is 2.50 bits per heavy atom. The lowest BCUT2D eigenvalue weighted by Crippen LogP contribution is -2.18. The number of rotatable bonds is 7. The van der Waals surface area contributed by atoms with E-state index in [2.05, 4.69) is 5.32 Å². The van der Waals surface area contributed by atoms with Gasteiger partial charge in [0.15, 0.2) is 0 Å². The Hall–Kier alpha value is -2.69. The SMILES string of the molecule is CNC(=O)c1ccc(OCCCOc2ccccc2)c(N)c1. The second kappa shape index (κ2) is 7.93. The Labute approximate surface area is 130 Å². The lowest BCUT2D eigenvalue weighted by atomic mass is 10.2. The lowest BCUT2D eigenvalue weighted by Gasteiger charge is -2.10. The molecule has 22 heavy (non-hydrogen) atoms. The highest BCUT2D eigenvalue weighted by Gasteiger charge is 2.07. The van der Waals surface area contributed by atoms with Crippen molar-refractivity contribution in [2.24, 2.45) is 0 Å². The average molecular weight is 300 g/mol. The smallest absolute Gasteiger partial charge is 0.251 e. The van der Waals surface area contributed by atoms with E-state index in [0.717, 1.165) is 12.2 Å². The van der Waals surface area contributed by atoms with Crippen LogP contribution in [0.1, 0.15) is 16.8 Å². The minimum atomic E-state index is -0.172. The molecule has 0 bridgehead atoms. The van der Waals surface area contributed by atoms with E-state index >= 15 is 0 Å². The molecule has 0 heterocycles. The van der Waals surface area contributed by atoms with Gasteiger partial charge < -0.3 is 20.5 Å². The molecular formula is C17H20N2O3. The molecule has 0 atom stereocenters. The molecule has 2 aromatic rings. The van der Waals surface area contributed by atoms with Gasteiger partial charge in [-0.3, -0.25) is 4.79 Å². The number of benzene rings is 2. The molecule has 3 N–H and O–H groups in total. The quantitative estimate of drug-likeness (QED) is 0.608. The molecule has 5 heteroatoms. The van der Waals surface area contributed by atoms with Crippen LogP contribution in [0.15, 0.2) is 48.5 Å². The van der Waals surface area contributed by atoms with Crippen molar-refractivity contribution in [3.63, 3.8) is 0 Å². The molecule has 1 amide bonds. The van der Waals surface area contributed by atoms with Gasteiger partial charge in [-0.25, -0.2) is 0 Å². The van der Waals surface area contributed by atoms with Gasteiger partial charge >= 0.3 is 0 Å². The number of hydrogen-bond acceptors (Lipinski definition) is 4. The zero-order valence-corrected chi connectivity index (χ0v) is 12.5. The predicted molar refractivity (Wildman–Crippen MR) is 86.3 cm³/mol. The monoisotopic (exact) mass is 300 g/mol. The molecule has 0 saturated carbocycles. The molecule has 0 saturated heterocycles. The molecule has 2 rings (SSSR count). The Bertz CT molecular complexity index is 615. The van der Waals surface area contributed by atoms with Crippen LogP contribution in [-0.4, -0.2) is 26.2 Å². The lowest BCUT2D eigenvalue weighted by molar-refractivity contribution is 0.0963. The maximum absolute atomic E-state index is 11.5. The van der Waals surface area contributed by atoms with Crippen molar-refractivity contribution < 1.29 is 14.3 Å². The summed E-state index contributed by atoms with van der Waals surface area (Å²) >= 11 is 0. The fourth-order valence-corrected chi connectivity index (χ4v) is 1.91. The van der Waals surface area contributed by atoms with Crippen molar-refractivity contribution in [2.75, 3.05) is 26.0 Å². The minimum Gasteiger partial charge on any atom is -0.493 e. The summed E-state index contributed by atoms with van der Waals surface area (Å²) in [6, 6.07) is 14.6. The van der Waals surface area contributed by atoms with Gasteiger partial charge in [0, 0.05) is 19.0 Å². The van der Waals surface area contributed by atoms with E-state index in [-0.39, 0.29) is 5.91 Å². The summed E-state index contributed by atoms with van der Waals surface area (Å²) in [5.74, 6) is 1.25. The molecule has 0 aromatic heterocycles. The van der Waals surface area contributed by atoms with Crippen LogP contribution in [-0.2, 0) is 0 Å². The van der Waals surface area contributed by atoms with Gasteiger partial charge in [0.25, 0.3) is 5.91 Å². The van der Waals surface area contributed by atoms with Gasteiger partial charge in [0.1, 0.15) is 11.5 Å². The van der Waals surface area contributed by atoms with Crippen LogP contribution in [0.5, 0.6) is 11.5 Å². The van der Waals surface area contributed by atoms with E-state index in [1.807, 2.05) is 30.3 Å². The van der Waals surface area contributed by atoms with Crippen molar-refractivity contribution in [1.82, 2.24) is 5.32 Å². The third-order valence-corrected chi connectivity index (χ3v) is 3.06. The molecule has 0 aliphatic carbocycles. The largest absolute Gasteiger partial charge is 0.493 e. The molecule has 0 spiro atoms. The number of carbonyl (C=O) groups is 1. The van der Waals surface area contributed by atoms with Crippen molar-refractivity contribution in [2.45, 2.75) is 6.42 Å². The number of amides is 1. The van der Waals surface area contributed by atoms with Crippen LogP contribution in [0.2, 0.25) is 0 Å². The first-order valence-corrected chi connectivity index (χ1v) is 7.13. The first-order valence-electron chi connectivity index (χ1n) is 7.13. The topological polar surface area (TPSA) is 73.6 Å². The van der Waals surface area contributed by atoms with E-state index in [1.165, 1.54) is 0 Å². The van der Waals surface area contributed by atoms with Crippen molar-refractivity contribution >= 4 is 11.6 Å². The second-order valence-corrected chi connectivity index (χ2v) is 4.70. The summed E-state index contributed by atoms with van der Waals surface area (Å²) in [6.45, 7) is 1.07. The predicted octanol–water partition coefficient (Wildman–Crippen LogP) is 2.48. The fraction of sp³-hybridized carbons (Fsp3) is 0.235. The first-order chi connectivity index (χ1) is 10.7. The third-order valence-electron chi connectivity index (χ3n) is 3.06. The highest BCUT2D eigenvalue weighted by atomic mass is 16.5. The van der Waals surface area contributed by atoms with Crippen LogP contribution in [0, 0.1) is 0 Å². The molecule has 116 valence electrons. The number of nitrogen functional groups attached to an aromatic ring is 1. The Morgan fingerprint density at radius 1 is 1.09 bits per heavy atom. The zero-order chi connectivity index (χ0) is 15.8. The number of carbonyl (C=O) groups excluding carboxylic acids is 1. The van der Waals surface area contributed by atoms with Gasteiger partial charge in [0.2, 0.25) is 0 Å². The highest BCUT2D eigenvalue weighted by molar-refractivity contribution is 5.95. The molecule has 0 fully saturated rings. The number of ether oxygens (including phenoxy) is 2. The Balaban J connectivity index is 1.76. The number of nitrogens with one attached hydrogen (secondary N) is 1. The third kappa shape index (κ3) is 4.41. The van der Waals surface area contributed by atoms with E-state index in [0.29, 0.717) is 30.2 Å². The van der Waals surface area contributed by atoms with E-state index in [1.54, 1.807) is 25.2 Å². The van der Waals surface area contributed by atoms with E-state index in [9.17, 15) is 4.79 Å². The summed E-state index contributed by atoms with van der Waals surface area (Å²) in [5.41, 5.74) is 6.85. The molecular weight excluding hydrogens is 280 g/mol. The Kier molecular flexibility index (Phi) is 5.65. The molecule has 0 aliphatic heterocycles. The van der Waals surface area contributed by atoms with Crippen molar-refractivity contribution in [1.29, 1.82) is 0 Å². The maximum Gasteiger partial charge on any atom is 0.251 e. The van der Waals surface area contributed by atoms with E-state index in [4.69, 9.17) is 15.2 Å². The molecule has 0 radical (unpaired) electrons. The Morgan fingerprint density at radius 2 is 1.82 bits per heavy atom. The number of para-hydroxylation sites is 1. The standard InChI is InChI=1S/C17H20N2O3/c1-19-17(20)13-8-9-16(15(18)12-13)22-11-5-10-21-14-6-3-2-4-7-14/h2-4,6-9,12H,5,10-11,18H2,1H3,(H,19,20). The van der Waals surface area contributed by atoms with Crippen LogP contribution in [0.25, 0.3) is 0 Å².